The van der Waals surface area contributed by atoms with Gasteiger partial charge in [0.1, 0.15) is 5.75 Å². The van der Waals surface area contributed by atoms with Gasteiger partial charge in [-0.15, -0.1) is 0 Å². The van der Waals surface area contributed by atoms with Crippen molar-refractivity contribution in [3.05, 3.63) is 53.6 Å². The third-order valence-electron chi connectivity index (χ3n) is 4.63. The fraction of sp³-hybridized carbons (Fsp3) is 0.318. The lowest BCUT2D eigenvalue weighted by Crippen LogP contribution is -2.43. The Morgan fingerprint density at radius 2 is 1.81 bits per heavy atom. The van der Waals surface area contributed by atoms with Crippen LogP contribution in [0.5, 0.6) is 17.2 Å². The van der Waals surface area contributed by atoms with Crippen molar-refractivity contribution < 1.29 is 28.5 Å². The summed E-state index contributed by atoms with van der Waals surface area (Å²) in [6.45, 7) is 2.12. The maximum atomic E-state index is 12.3. The van der Waals surface area contributed by atoms with E-state index in [0.29, 0.717) is 54.7 Å². The van der Waals surface area contributed by atoms with Crippen molar-refractivity contribution >= 4 is 18.0 Å². The molecule has 0 unspecified atom stereocenters. The maximum absolute atomic E-state index is 12.3. The molecule has 1 aliphatic rings. The van der Waals surface area contributed by atoms with Crippen molar-refractivity contribution in [2.24, 2.45) is 5.10 Å². The van der Waals surface area contributed by atoms with Gasteiger partial charge in [0.2, 0.25) is 0 Å². The normalized spacial score (nSPS) is 13.7. The molecule has 3 rings (SSSR count). The zero-order valence-electron chi connectivity index (χ0n) is 17.5. The molecule has 9 heteroatoms. The van der Waals surface area contributed by atoms with Crippen molar-refractivity contribution in [1.82, 2.24) is 10.3 Å². The Kier molecular flexibility index (Phi) is 7.83. The summed E-state index contributed by atoms with van der Waals surface area (Å²) in [4.78, 5) is 26.2. The lowest BCUT2D eigenvalue weighted by Gasteiger charge is -2.26. The molecule has 1 saturated heterocycles. The number of hydrogen-bond donors (Lipinski definition) is 1. The van der Waals surface area contributed by atoms with Gasteiger partial charge in [0.25, 0.3) is 11.8 Å². The third-order valence-corrected chi connectivity index (χ3v) is 4.63. The van der Waals surface area contributed by atoms with Crippen LogP contribution in [0.3, 0.4) is 0 Å². The lowest BCUT2D eigenvalue weighted by atomic mass is 10.2. The molecule has 1 heterocycles. The Balaban J connectivity index is 1.58. The number of ether oxygens (including phenoxy) is 4. The van der Waals surface area contributed by atoms with Gasteiger partial charge in [-0.3, -0.25) is 9.59 Å². The molecule has 1 fully saturated rings. The van der Waals surface area contributed by atoms with E-state index in [1.807, 2.05) is 0 Å². The molecule has 0 saturated carbocycles. The largest absolute Gasteiger partial charge is 0.496 e. The minimum Gasteiger partial charge on any atom is -0.496 e. The molecule has 1 N–H and O–H groups in total. The number of carbonyl (C=O) groups is 2. The van der Waals surface area contributed by atoms with Gasteiger partial charge in [-0.25, -0.2) is 5.43 Å². The van der Waals surface area contributed by atoms with Crippen molar-refractivity contribution in [2.75, 3.05) is 47.1 Å². The van der Waals surface area contributed by atoms with Gasteiger partial charge in [0, 0.05) is 13.1 Å². The molecular weight excluding hydrogens is 402 g/mol. The second kappa shape index (κ2) is 11.0. The number of hydrazone groups is 1. The molecule has 9 nitrogen and oxygen atoms in total. The molecule has 0 spiro atoms. The molecule has 2 amide bonds. The number of nitrogens with one attached hydrogen (secondary N) is 1. The van der Waals surface area contributed by atoms with Crippen LogP contribution in [0.15, 0.2) is 47.6 Å². The second-order valence-corrected chi connectivity index (χ2v) is 6.59. The second-order valence-electron chi connectivity index (χ2n) is 6.59. The average Bonchev–Trinajstić information content (AvgIpc) is 2.83. The number of carbonyl (C=O) groups excluding carboxylic acids is 2. The first-order chi connectivity index (χ1) is 15.1. The summed E-state index contributed by atoms with van der Waals surface area (Å²) in [6.07, 6.45) is 1.48. The number of amides is 2. The van der Waals surface area contributed by atoms with Gasteiger partial charge in [0.15, 0.2) is 18.1 Å². The number of nitrogens with zero attached hydrogens (tertiary/aromatic N) is 2. The lowest BCUT2D eigenvalue weighted by molar-refractivity contribution is -0.137. The van der Waals surface area contributed by atoms with Crippen LogP contribution in [0.2, 0.25) is 0 Å². The van der Waals surface area contributed by atoms with Crippen molar-refractivity contribution in [3.63, 3.8) is 0 Å². The Morgan fingerprint density at radius 1 is 1.06 bits per heavy atom. The van der Waals surface area contributed by atoms with E-state index in [1.165, 1.54) is 20.4 Å². The standard InChI is InChI=1S/C22H25N3O6/c1-28-18-6-4-3-5-17(18)22(27)24-23-14-16-7-8-19(20(13-16)29-2)31-15-21(26)25-9-11-30-12-10-25/h3-8,13-14H,9-12,15H2,1-2H3,(H,24,27)/b23-14-. The van der Waals surface area contributed by atoms with Crippen LogP contribution in [-0.2, 0) is 9.53 Å². The molecule has 0 aromatic heterocycles. The molecule has 0 radical (unpaired) electrons. The van der Waals surface area contributed by atoms with Gasteiger partial charge in [-0.2, -0.15) is 5.10 Å². The highest BCUT2D eigenvalue weighted by Crippen LogP contribution is 2.27. The highest BCUT2D eigenvalue weighted by Gasteiger charge is 2.18. The molecule has 164 valence electrons. The summed E-state index contributed by atoms with van der Waals surface area (Å²) < 4.78 is 21.4. The zero-order valence-corrected chi connectivity index (χ0v) is 17.5. The Hall–Kier alpha value is -3.59. The van der Waals surface area contributed by atoms with Crippen LogP contribution in [0.4, 0.5) is 0 Å². The van der Waals surface area contributed by atoms with Gasteiger partial charge in [-0.1, -0.05) is 12.1 Å². The maximum Gasteiger partial charge on any atom is 0.275 e. The zero-order chi connectivity index (χ0) is 22.1. The summed E-state index contributed by atoms with van der Waals surface area (Å²) in [6, 6.07) is 12.0. The van der Waals surface area contributed by atoms with E-state index in [2.05, 4.69) is 10.5 Å². The number of methoxy groups -OCH3 is 2. The minimum absolute atomic E-state index is 0.0846. The molecule has 2 aromatic rings. The van der Waals surface area contributed by atoms with E-state index in [-0.39, 0.29) is 18.4 Å². The molecule has 0 bridgehead atoms. The van der Waals surface area contributed by atoms with Gasteiger partial charge >= 0.3 is 0 Å². The quantitative estimate of drug-likeness (QED) is 0.509. The fourth-order valence-electron chi connectivity index (χ4n) is 2.99. The number of para-hydroxylation sites is 1. The third kappa shape index (κ3) is 5.95. The summed E-state index contributed by atoms with van der Waals surface area (Å²) in [7, 11) is 3.01. The fourth-order valence-corrected chi connectivity index (χ4v) is 2.99. The first-order valence-electron chi connectivity index (χ1n) is 9.75. The summed E-state index contributed by atoms with van der Waals surface area (Å²) in [5.41, 5.74) is 3.54. The van der Waals surface area contributed by atoms with E-state index in [1.54, 1.807) is 47.4 Å². The summed E-state index contributed by atoms with van der Waals surface area (Å²) in [5.74, 6) is 0.872. The summed E-state index contributed by atoms with van der Waals surface area (Å²) >= 11 is 0. The Bertz CT molecular complexity index is 941. The molecule has 0 aliphatic carbocycles. The average molecular weight is 427 g/mol. The van der Waals surface area contributed by atoms with Gasteiger partial charge < -0.3 is 23.8 Å². The number of morpholine rings is 1. The molecule has 0 atom stereocenters. The van der Waals surface area contributed by atoms with E-state index in [4.69, 9.17) is 18.9 Å². The van der Waals surface area contributed by atoms with E-state index < -0.39 is 0 Å². The Morgan fingerprint density at radius 3 is 2.55 bits per heavy atom. The van der Waals surface area contributed by atoms with E-state index >= 15 is 0 Å². The SMILES string of the molecule is COc1cc(/C=N\NC(=O)c2ccccc2OC)ccc1OCC(=O)N1CCOCC1. The van der Waals surface area contributed by atoms with Crippen LogP contribution in [-0.4, -0.2) is 70.1 Å². The van der Waals surface area contributed by atoms with Gasteiger partial charge in [0.05, 0.1) is 39.2 Å². The monoisotopic (exact) mass is 427 g/mol. The smallest absolute Gasteiger partial charge is 0.275 e. The van der Waals surface area contributed by atoms with Crippen LogP contribution >= 0.6 is 0 Å². The molecular formula is C22H25N3O6. The highest BCUT2D eigenvalue weighted by molar-refractivity contribution is 5.97. The van der Waals surface area contributed by atoms with Crippen molar-refractivity contribution in [2.45, 2.75) is 0 Å². The predicted octanol–water partition coefficient (Wildman–Crippen LogP) is 1.71. The minimum atomic E-state index is -0.387. The number of rotatable bonds is 8. The van der Waals surface area contributed by atoms with Crippen LogP contribution in [0.1, 0.15) is 15.9 Å². The van der Waals surface area contributed by atoms with Gasteiger partial charge in [-0.05, 0) is 35.9 Å². The van der Waals surface area contributed by atoms with E-state index in [0.717, 1.165) is 0 Å². The molecule has 2 aromatic carbocycles. The van der Waals surface area contributed by atoms with Crippen molar-refractivity contribution in [3.8, 4) is 17.2 Å². The Labute approximate surface area is 180 Å². The first-order valence-corrected chi connectivity index (χ1v) is 9.75. The highest BCUT2D eigenvalue weighted by atomic mass is 16.5. The van der Waals surface area contributed by atoms with Crippen LogP contribution in [0.25, 0.3) is 0 Å². The predicted molar refractivity (Wildman–Crippen MR) is 114 cm³/mol. The summed E-state index contributed by atoms with van der Waals surface area (Å²) in [5, 5.41) is 3.98. The van der Waals surface area contributed by atoms with Crippen LogP contribution < -0.4 is 19.6 Å². The number of benzene rings is 2. The topological polar surface area (TPSA) is 98.7 Å². The van der Waals surface area contributed by atoms with E-state index in [9.17, 15) is 9.59 Å². The molecule has 1 aliphatic heterocycles. The van der Waals surface area contributed by atoms with Crippen molar-refractivity contribution in [1.29, 1.82) is 0 Å². The van der Waals surface area contributed by atoms with Crippen LogP contribution in [0, 0.1) is 0 Å². The number of hydrogen-bond acceptors (Lipinski definition) is 7. The first kappa shape index (κ1) is 22.1. The molecule has 31 heavy (non-hydrogen) atoms.